The van der Waals surface area contributed by atoms with Gasteiger partial charge in [-0.2, -0.15) is 0 Å². The van der Waals surface area contributed by atoms with Crippen molar-refractivity contribution in [3.8, 4) is 22.6 Å². The second-order valence-corrected chi connectivity index (χ2v) is 11.5. The summed E-state index contributed by atoms with van der Waals surface area (Å²) in [6.45, 7) is 4.29. The van der Waals surface area contributed by atoms with Gasteiger partial charge >= 0.3 is 5.97 Å². The van der Waals surface area contributed by atoms with Crippen LogP contribution < -0.4 is 14.8 Å². The van der Waals surface area contributed by atoms with E-state index in [9.17, 15) is 14.0 Å². The minimum absolute atomic E-state index is 0.108. The largest absolute Gasteiger partial charge is 0.491 e. The lowest BCUT2D eigenvalue weighted by molar-refractivity contribution is -0.142. The molecule has 220 valence electrons. The molecule has 0 bridgehead atoms. The van der Waals surface area contributed by atoms with Gasteiger partial charge in [0.1, 0.15) is 30.0 Å². The van der Waals surface area contributed by atoms with Crippen molar-refractivity contribution in [1.82, 2.24) is 5.32 Å². The summed E-state index contributed by atoms with van der Waals surface area (Å²) in [4.78, 5) is 26.3. The summed E-state index contributed by atoms with van der Waals surface area (Å²) in [5.41, 5.74) is 3.76. The Morgan fingerprint density at radius 1 is 0.814 bits per heavy atom. The highest BCUT2D eigenvalue weighted by Gasteiger charge is 2.24. The lowest BCUT2D eigenvalue weighted by Gasteiger charge is -2.16. The van der Waals surface area contributed by atoms with E-state index in [-0.39, 0.29) is 24.2 Å². The van der Waals surface area contributed by atoms with Gasteiger partial charge in [-0.3, -0.25) is 4.79 Å². The Morgan fingerprint density at radius 2 is 1.47 bits per heavy atom. The molecule has 0 aliphatic carbocycles. The van der Waals surface area contributed by atoms with E-state index < -0.39 is 12.0 Å². The number of nitrogens with one attached hydrogen (secondary N) is 1. The van der Waals surface area contributed by atoms with Crippen molar-refractivity contribution in [2.45, 2.75) is 39.0 Å². The Bertz CT molecular complexity index is 1700. The van der Waals surface area contributed by atoms with Crippen molar-refractivity contribution in [2.24, 2.45) is 0 Å². The molecule has 1 heterocycles. The van der Waals surface area contributed by atoms with Crippen LogP contribution in [0.3, 0.4) is 0 Å². The number of thiophene rings is 1. The normalized spacial score (nSPS) is 11.7. The zero-order chi connectivity index (χ0) is 30.3. The van der Waals surface area contributed by atoms with E-state index in [1.54, 1.807) is 24.3 Å². The van der Waals surface area contributed by atoms with Crippen LogP contribution in [0.4, 0.5) is 4.39 Å². The molecule has 0 unspecified atom stereocenters. The number of carbonyl (C=O) groups excluding carboxylic acids is 2. The number of fused-ring (bicyclic) bond motifs is 1. The number of rotatable bonds is 11. The third kappa shape index (κ3) is 7.78. The summed E-state index contributed by atoms with van der Waals surface area (Å²) in [6, 6.07) is 28.4. The van der Waals surface area contributed by atoms with Crippen LogP contribution in [0.2, 0.25) is 0 Å². The number of ether oxygens (including phenoxy) is 3. The molecule has 43 heavy (non-hydrogen) atoms. The van der Waals surface area contributed by atoms with Crippen LogP contribution in [0.25, 0.3) is 21.2 Å². The smallest absolute Gasteiger partial charge is 0.328 e. The zero-order valence-electron chi connectivity index (χ0n) is 24.1. The number of hydrogen-bond donors (Lipinski definition) is 1. The fraction of sp³-hybridized carbons (Fsp3) is 0.200. The summed E-state index contributed by atoms with van der Waals surface area (Å²) in [7, 11) is 1.30. The van der Waals surface area contributed by atoms with Gasteiger partial charge in [-0.15, -0.1) is 11.3 Å². The molecule has 5 rings (SSSR count). The summed E-state index contributed by atoms with van der Waals surface area (Å²) in [5, 5.41) is 3.79. The maximum atomic E-state index is 13.2. The highest BCUT2D eigenvalue weighted by molar-refractivity contribution is 7.20. The van der Waals surface area contributed by atoms with E-state index >= 15 is 0 Å². The van der Waals surface area contributed by atoms with Crippen LogP contribution in [-0.2, 0) is 22.6 Å². The van der Waals surface area contributed by atoms with Crippen molar-refractivity contribution in [2.75, 3.05) is 7.11 Å². The Labute approximate surface area is 254 Å². The summed E-state index contributed by atoms with van der Waals surface area (Å²) < 4.78 is 30.6. The minimum Gasteiger partial charge on any atom is -0.491 e. The van der Waals surface area contributed by atoms with E-state index in [4.69, 9.17) is 14.2 Å². The molecule has 0 saturated heterocycles. The van der Waals surface area contributed by atoms with Crippen LogP contribution in [0, 0.1) is 5.82 Å². The van der Waals surface area contributed by atoms with Crippen molar-refractivity contribution in [1.29, 1.82) is 0 Å². The van der Waals surface area contributed by atoms with Gasteiger partial charge in [0.15, 0.2) is 0 Å². The van der Waals surface area contributed by atoms with Crippen molar-refractivity contribution in [3.05, 3.63) is 119 Å². The van der Waals surface area contributed by atoms with E-state index in [0.717, 1.165) is 38.1 Å². The molecule has 1 atom stereocenters. The number of esters is 1. The van der Waals surface area contributed by atoms with Gasteiger partial charge in [0.05, 0.1) is 18.1 Å². The molecule has 0 spiro atoms. The molecular formula is C35H32FNO5S. The number of halogens is 1. The van der Waals surface area contributed by atoms with Gasteiger partial charge in [0.2, 0.25) is 0 Å². The Balaban J connectivity index is 1.24. The molecular weight excluding hydrogens is 565 g/mol. The number of amides is 1. The van der Waals surface area contributed by atoms with E-state index in [2.05, 4.69) is 11.4 Å². The van der Waals surface area contributed by atoms with E-state index in [1.807, 2.05) is 68.4 Å². The summed E-state index contributed by atoms with van der Waals surface area (Å²) in [6.07, 6.45) is 0.360. The molecule has 1 N–H and O–H groups in total. The first-order valence-electron chi connectivity index (χ1n) is 13.9. The number of methoxy groups -OCH3 is 1. The average Bonchev–Trinajstić information content (AvgIpc) is 3.45. The molecule has 4 aromatic carbocycles. The molecule has 0 fully saturated rings. The molecule has 1 aromatic heterocycles. The highest BCUT2D eigenvalue weighted by atomic mass is 32.1. The van der Waals surface area contributed by atoms with Crippen molar-refractivity contribution >= 4 is 33.3 Å². The van der Waals surface area contributed by atoms with Gasteiger partial charge < -0.3 is 19.5 Å². The first-order chi connectivity index (χ1) is 20.8. The van der Waals surface area contributed by atoms with Crippen molar-refractivity contribution in [3.63, 3.8) is 0 Å². The first kappa shape index (κ1) is 29.8. The third-order valence-corrected chi connectivity index (χ3v) is 7.89. The van der Waals surface area contributed by atoms with Crippen LogP contribution >= 0.6 is 11.3 Å². The van der Waals surface area contributed by atoms with E-state index in [0.29, 0.717) is 17.2 Å². The second kappa shape index (κ2) is 13.5. The van der Waals surface area contributed by atoms with Crippen LogP contribution in [0.1, 0.15) is 34.6 Å². The Morgan fingerprint density at radius 3 is 2.14 bits per heavy atom. The maximum absolute atomic E-state index is 13.2. The fourth-order valence-electron chi connectivity index (χ4n) is 4.60. The molecule has 8 heteroatoms. The standard InChI is InChI=1S/C35H32FNO5S/c1-22(2)42-30-15-8-25(9-16-30)26-10-17-32-27(19-26)20-33(43-32)34(38)37-31(35(39)40-3)18-23-6-13-29(14-7-23)41-21-24-4-11-28(36)12-5-24/h4-17,19-20,22,31H,18,21H2,1-3H3,(H,37,38)/t31-/m0/s1. The number of carbonyl (C=O) groups is 2. The molecule has 0 aliphatic rings. The summed E-state index contributed by atoms with van der Waals surface area (Å²) in [5.74, 6) is 0.291. The monoisotopic (exact) mass is 597 g/mol. The molecule has 1 amide bonds. The first-order valence-corrected chi connectivity index (χ1v) is 14.7. The Hall–Kier alpha value is -4.69. The van der Waals surface area contributed by atoms with Gasteiger partial charge in [0, 0.05) is 11.1 Å². The number of benzene rings is 4. The van der Waals surface area contributed by atoms with Crippen LogP contribution in [-0.4, -0.2) is 31.1 Å². The summed E-state index contributed by atoms with van der Waals surface area (Å²) >= 11 is 1.37. The zero-order valence-corrected chi connectivity index (χ0v) is 25.0. The topological polar surface area (TPSA) is 73.9 Å². The van der Waals surface area contributed by atoms with Gasteiger partial charge in [0.25, 0.3) is 5.91 Å². The predicted octanol–water partition coefficient (Wildman–Crippen LogP) is 7.59. The molecule has 0 aliphatic heterocycles. The SMILES string of the molecule is COC(=O)[C@H](Cc1ccc(OCc2ccc(F)cc2)cc1)NC(=O)c1cc2cc(-c3ccc(OC(C)C)cc3)ccc2s1. The number of hydrogen-bond acceptors (Lipinski definition) is 6. The average molecular weight is 598 g/mol. The van der Waals surface area contributed by atoms with Crippen LogP contribution in [0.15, 0.2) is 97.1 Å². The highest BCUT2D eigenvalue weighted by Crippen LogP contribution is 2.31. The fourth-order valence-corrected chi connectivity index (χ4v) is 5.55. The van der Waals surface area contributed by atoms with Crippen LogP contribution in [0.5, 0.6) is 11.5 Å². The van der Waals surface area contributed by atoms with E-state index in [1.165, 1.54) is 30.6 Å². The molecule has 0 radical (unpaired) electrons. The third-order valence-electron chi connectivity index (χ3n) is 6.77. The lowest BCUT2D eigenvalue weighted by atomic mass is 10.0. The predicted molar refractivity (Wildman–Crippen MR) is 167 cm³/mol. The minimum atomic E-state index is -0.865. The molecule has 6 nitrogen and oxygen atoms in total. The second-order valence-electron chi connectivity index (χ2n) is 10.4. The Kier molecular flexibility index (Phi) is 9.37. The van der Waals surface area contributed by atoms with Gasteiger partial charge in [-0.25, -0.2) is 9.18 Å². The molecule has 5 aromatic rings. The van der Waals surface area contributed by atoms with Crippen molar-refractivity contribution < 1.29 is 28.2 Å². The quantitative estimate of drug-likeness (QED) is 0.159. The van der Waals surface area contributed by atoms with Gasteiger partial charge in [-0.05, 0) is 96.1 Å². The maximum Gasteiger partial charge on any atom is 0.328 e. The lowest BCUT2D eigenvalue weighted by Crippen LogP contribution is -2.42. The molecule has 0 saturated carbocycles. The van der Waals surface area contributed by atoms with Gasteiger partial charge in [-0.1, -0.05) is 42.5 Å².